The average molecular weight is 225 g/mol. The molecule has 0 amide bonds. The normalized spacial score (nSPS) is 11.7. The third-order valence-electron chi connectivity index (χ3n) is 2.19. The lowest BCUT2D eigenvalue weighted by atomic mass is 9.97. The van der Waals surface area contributed by atoms with E-state index in [9.17, 15) is 0 Å². The first-order valence-electron chi connectivity index (χ1n) is 4.89. The molecule has 0 spiro atoms. The van der Waals surface area contributed by atoms with Gasteiger partial charge in [-0.1, -0.05) is 26.0 Å². The molecule has 0 aromatic heterocycles. The minimum Gasteiger partial charge on any atom is -0.324 e. The maximum Gasteiger partial charge on any atom is 0.0991 e. The summed E-state index contributed by atoms with van der Waals surface area (Å²) in [6.07, 6.45) is 0.978. The minimum absolute atomic E-state index is 0. The highest BCUT2D eigenvalue weighted by Crippen LogP contribution is 2.18. The molecule has 0 aliphatic rings. The third kappa shape index (κ3) is 4.33. The number of nitriles is 1. The van der Waals surface area contributed by atoms with E-state index in [0.29, 0.717) is 11.5 Å². The van der Waals surface area contributed by atoms with Crippen LogP contribution in [0.5, 0.6) is 0 Å². The summed E-state index contributed by atoms with van der Waals surface area (Å²) in [7, 11) is 0. The second-order valence-electron chi connectivity index (χ2n) is 3.97. The number of halogens is 1. The standard InChI is InChI=1S/C12H16N2.ClH/c1-9(2)7-12(14)11-5-3-10(8-13)4-6-11;/h3-6,9,12H,7,14H2,1-2H3;1H/t12-;/m1./s1. The fraction of sp³-hybridized carbons (Fsp3) is 0.417. The molecule has 0 aliphatic carbocycles. The number of nitrogens with two attached hydrogens (primary N) is 1. The maximum absolute atomic E-state index is 8.63. The molecule has 3 heteroatoms. The molecule has 2 nitrogen and oxygen atoms in total. The number of benzene rings is 1. The molecule has 0 heterocycles. The van der Waals surface area contributed by atoms with Gasteiger partial charge in [-0.2, -0.15) is 5.26 Å². The Labute approximate surface area is 97.5 Å². The molecule has 82 valence electrons. The van der Waals surface area contributed by atoms with Crippen LogP contribution >= 0.6 is 12.4 Å². The van der Waals surface area contributed by atoms with Gasteiger partial charge in [0.05, 0.1) is 11.6 Å². The zero-order chi connectivity index (χ0) is 10.6. The first kappa shape index (κ1) is 14.0. The van der Waals surface area contributed by atoms with Crippen LogP contribution < -0.4 is 5.73 Å². The Hall–Kier alpha value is -1.04. The SMILES string of the molecule is CC(C)C[C@@H](N)c1ccc(C#N)cc1.Cl. The summed E-state index contributed by atoms with van der Waals surface area (Å²) in [4.78, 5) is 0. The molecular formula is C12H17ClN2. The van der Waals surface area contributed by atoms with Crippen molar-refractivity contribution in [1.29, 1.82) is 5.26 Å². The van der Waals surface area contributed by atoms with E-state index in [2.05, 4.69) is 19.9 Å². The maximum atomic E-state index is 8.63. The van der Waals surface area contributed by atoms with Crippen LogP contribution in [-0.2, 0) is 0 Å². The monoisotopic (exact) mass is 224 g/mol. The summed E-state index contributed by atoms with van der Waals surface area (Å²) < 4.78 is 0. The van der Waals surface area contributed by atoms with Crippen molar-refractivity contribution in [1.82, 2.24) is 0 Å². The van der Waals surface area contributed by atoms with E-state index in [1.807, 2.05) is 24.3 Å². The van der Waals surface area contributed by atoms with E-state index >= 15 is 0 Å². The molecule has 0 bridgehead atoms. The predicted molar refractivity (Wildman–Crippen MR) is 64.8 cm³/mol. The topological polar surface area (TPSA) is 49.8 Å². The van der Waals surface area contributed by atoms with Gasteiger partial charge in [0.1, 0.15) is 0 Å². The molecule has 0 saturated heterocycles. The lowest BCUT2D eigenvalue weighted by Gasteiger charge is -2.14. The van der Waals surface area contributed by atoms with E-state index in [0.717, 1.165) is 12.0 Å². The van der Waals surface area contributed by atoms with Crippen LogP contribution in [0.1, 0.15) is 37.4 Å². The molecule has 0 unspecified atom stereocenters. The highest BCUT2D eigenvalue weighted by molar-refractivity contribution is 5.85. The Morgan fingerprint density at radius 2 is 1.80 bits per heavy atom. The molecular weight excluding hydrogens is 208 g/mol. The van der Waals surface area contributed by atoms with Gasteiger partial charge in [-0.05, 0) is 30.0 Å². The Morgan fingerprint density at radius 3 is 2.20 bits per heavy atom. The fourth-order valence-corrected chi connectivity index (χ4v) is 1.45. The van der Waals surface area contributed by atoms with E-state index < -0.39 is 0 Å². The van der Waals surface area contributed by atoms with Crippen LogP contribution in [-0.4, -0.2) is 0 Å². The summed E-state index contributed by atoms with van der Waals surface area (Å²) >= 11 is 0. The first-order chi connectivity index (χ1) is 6.63. The van der Waals surface area contributed by atoms with Crippen molar-refractivity contribution in [2.75, 3.05) is 0 Å². The Balaban J connectivity index is 0.00000196. The number of hydrogen-bond donors (Lipinski definition) is 1. The predicted octanol–water partition coefficient (Wildman–Crippen LogP) is 3.03. The number of hydrogen-bond acceptors (Lipinski definition) is 2. The van der Waals surface area contributed by atoms with Gasteiger partial charge >= 0.3 is 0 Å². The third-order valence-corrected chi connectivity index (χ3v) is 2.19. The zero-order valence-electron chi connectivity index (χ0n) is 9.10. The average Bonchev–Trinajstić information content (AvgIpc) is 2.17. The summed E-state index contributed by atoms with van der Waals surface area (Å²) in [6, 6.07) is 9.68. The van der Waals surface area contributed by atoms with Crippen LogP contribution in [0.4, 0.5) is 0 Å². The van der Waals surface area contributed by atoms with E-state index in [-0.39, 0.29) is 18.4 Å². The fourth-order valence-electron chi connectivity index (χ4n) is 1.45. The van der Waals surface area contributed by atoms with Gasteiger partial charge in [0.25, 0.3) is 0 Å². The van der Waals surface area contributed by atoms with Gasteiger partial charge < -0.3 is 5.73 Å². The van der Waals surface area contributed by atoms with Gasteiger partial charge in [-0.3, -0.25) is 0 Å². The van der Waals surface area contributed by atoms with Crippen molar-refractivity contribution in [3.05, 3.63) is 35.4 Å². The van der Waals surface area contributed by atoms with Gasteiger partial charge in [0.15, 0.2) is 0 Å². The van der Waals surface area contributed by atoms with Crippen LogP contribution in [0.15, 0.2) is 24.3 Å². The van der Waals surface area contributed by atoms with E-state index in [1.165, 1.54) is 0 Å². The molecule has 1 rings (SSSR count). The van der Waals surface area contributed by atoms with Gasteiger partial charge in [0, 0.05) is 6.04 Å². The van der Waals surface area contributed by atoms with Crippen molar-refractivity contribution in [3.8, 4) is 6.07 Å². The minimum atomic E-state index is 0. The lowest BCUT2D eigenvalue weighted by molar-refractivity contribution is 0.510. The van der Waals surface area contributed by atoms with Crippen molar-refractivity contribution < 1.29 is 0 Å². The van der Waals surface area contributed by atoms with Crippen LogP contribution in [0, 0.1) is 17.2 Å². The zero-order valence-corrected chi connectivity index (χ0v) is 9.92. The summed E-state index contributed by atoms with van der Waals surface area (Å²) in [5.74, 6) is 0.598. The summed E-state index contributed by atoms with van der Waals surface area (Å²) in [6.45, 7) is 4.31. The van der Waals surface area contributed by atoms with Crippen molar-refractivity contribution >= 4 is 12.4 Å². The molecule has 1 aromatic carbocycles. The molecule has 15 heavy (non-hydrogen) atoms. The van der Waals surface area contributed by atoms with Gasteiger partial charge in [-0.25, -0.2) is 0 Å². The molecule has 1 atom stereocenters. The Kier molecular flexibility index (Phi) is 6.00. The van der Waals surface area contributed by atoms with Crippen molar-refractivity contribution in [2.24, 2.45) is 11.7 Å². The molecule has 0 aliphatic heterocycles. The molecule has 1 aromatic rings. The van der Waals surface area contributed by atoms with E-state index in [1.54, 1.807) is 0 Å². The van der Waals surface area contributed by atoms with Crippen molar-refractivity contribution in [2.45, 2.75) is 26.3 Å². The molecule has 2 N–H and O–H groups in total. The quantitative estimate of drug-likeness (QED) is 0.858. The Bertz CT molecular complexity index is 324. The van der Waals surface area contributed by atoms with E-state index in [4.69, 9.17) is 11.0 Å². The second kappa shape index (κ2) is 6.44. The van der Waals surface area contributed by atoms with Crippen LogP contribution in [0.3, 0.4) is 0 Å². The Morgan fingerprint density at radius 1 is 1.27 bits per heavy atom. The summed E-state index contributed by atoms with van der Waals surface area (Å²) in [5.41, 5.74) is 7.80. The van der Waals surface area contributed by atoms with Gasteiger partial charge in [0.2, 0.25) is 0 Å². The number of nitrogens with zero attached hydrogens (tertiary/aromatic N) is 1. The highest BCUT2D eigenvalue weighted by Gasteiger charge is 2.07. The van der Waals surface area contributed by atoms with Gasteiger partial charge in [-0.15, -0.1) is 12.4 Å². The molecule has 0 radical (unpaired) electrons. The molecule has 0 fully saturated rings. The highest BCUT2D eigenvalue weighted by atomic mass is 35.5. The van der Waals surface area contributed by atoms with Crippen LogP contribution in [0.2, 0.25) is 0 Å². The molecule has 0 saturated carbocycles. The van der Waals surface area contributed by atoms with Crippen LogP contribution in [0.25, 0.3) is 0 Å². The lowest BCUT2D eigenvalue weighted by Crippen LogP contribution is -2.12. The summed E-state index contributed by atoms with van der Waals surface area (Å²) in [5, 5.41) is 8.63. The largest absolute Gasteiger partial charge is 0.324 e. The smallest absolute Gasteiger partial charge is 0.0991 e. The first-order valence-corrected chi connectivity index (χ1v) is 4.89. The number of rotatable bonds is 3. The second-order valence-corrected chi connectivity index (χ2v) is 3.97. The van der Waals surface area contributed by atoms with Crippen molar-refractivity contribution in [3.63, 3.8) is 0 Å².